The molecular formula is C21H31O8P. The van der Waals surface area contributed by atoms with Gasteiger partial charge in [0.1, 0.15) is 6.61 Å². The van der Waals surface area contributed by atoms with Crippen molar-refractivity contribution in [1.29, 1.82) is 0 Å². The molecule has 0 heterocycles. The topological polar surface area (TPSA) is 97.4 Å². The number of carbonyl (C=O) groups excluding carboxylic acids is 2. The maximum atomic E-state index is 12.9. The Hall–Kier alpha value is -1.73. The summed E-state index contributed by atoms with van der Waals surface area (Å²) in [5.74, 6) is -2.19. The average Bonchev–Trinajstić information content (AvgIpc) is 3.38. The van der Waals surface area contributed by atoms with Crippen LogP contribution in [-0.2, 0) is 43.8 Å². The molecule has 1 aliphatic carbocycles. The molecule has 0 aliphatic heterocycles. The van der Waals surface area contributed by atoms with Gasteiger partial charge in [-0.3, -0.25) is 18.6 Å². The molecule has 2 atom stereocenters. The van der Waals surface area contributed by atoms with E-state index >= 15 is 0 Å². The van der Waals surface area contributed by atoms with Crippen LogP contribution in [0.3, 0.4) is 0 Å². The van der Waals surface area contributed by atoms with Crippen LogP contribution in [0.4, 0.5) is 0 Å². The number of hydrogen-bond acceptors (Lipinski definition) is 8. The van der Waals surface area contributed by atoms with E-state index in [-0.39, 0.29) is 6.61 Å². The molecule has 1 saturated carbocycles. The van der Waals surface area contributed by atoms with Crippen LogP contribution < -0.4 is 0 Å². The standard InChI is InChI=1S/C21H31O8P/c1-20(2,3)28-30(24,29-21(4,5)6)27-14-26-19(23)17-12-16(17)18(22)25-13-15-10-8-7-9-11-15/h7-11,16-17H,12-14H2,1-6H3/t16-,17+/m0/s1. The fourth-order valence-electron chi connectivity index (χ4n) is 2.55. The van der Waals surface area contributed by atoms with E-state index in [0.717, 1.165) is 5.56 Å². The molecule has 168 valence electrons. The van der Waals surface area contributed by atoms with Gasteiger partial charge in [0.2, 0.25) is 6.79 Å². The lowest BCUT2D eigenvalue weighted by Crippen LogP contribution is -2.25. The Morgan fingerprint density at radius 2 is 1.40 bits per heavy atom. The minimum atomic E-state index is -3.98. The summed E-state index contributed by atoms with van der Waals surface area (Å²) in [6.07, 6.45) is 0.348. The molecule has 1 fully saturated rings. The Labute approximate surface area is 177 Å². The minimum absolute atomic E-state index is 0.151. The third kappa shape index (κ3) is 8.56. The molecule has 0 unspecified atom stereocenters. The number of carbonyl (C=O) groups is 2. The molecule has 1 aromatic carbocycles. The molecule has 30 heavy (non-hydrogen) atoms. The molecular weight excluding hydrogens is 411 g/mol. The van der Waals surface area contributed by atoms with E-state index in [1.807, 2.05) is 30.3 Å². The number of esters is 2. The number of benzene rings is 1. The summed E-state index contributed by atoms with van der Waals surface area (Å²) < 4.78 is 39.2. The lowest BCUT2D eigenvalue weighted by atomic mass is 10.2. The molecule has 8 nitrogen and oxygen atoms in total. The first kappa shape index (κ1) is 24.5. The third-order valence-electron chi connectivity index (χ3n) is 3.80. The van der Waals surface area contributed by atoms with Gasteiger partial charge in [-0.2, -0.15) is 0 Å². The summed E-state index contributed by atoms with van der Waals surface area (Å²) in [6, 6.07) is 9.28. The highest BCUT2D eigenvalue weighted by Gasteiger charge is 2.50. The smallest absolute Gasteiger partial charge is 0.461 e. The highest BCUT2D eigenvalue weighted by Crippen LogP contribution is 2.55. The van der Waals surface area contributed by atoms with Gasteiger partial charge in [0.25, 0.3) is 0 Å². The lowest BCUT2D eigenvalue weighted by Gasteiger charge is -2.30. The van der Waals surface area contributed by atoms with E-state index in [2.05, 4.69) is 0 Å². The lowest BCUT2D eigenvalue weighted by molar-refractivity contribution is -0.157. The molecule has 9 heteroatoms. The van der Waals surface area contributed by atoms with Crippen LogP contribution >= 0.6 is 7.82 Å². The molecule has 0 amide bonds. The molecule has 0 radical (unpaired) electrons. The highest BCUT2D eigenvalue weighted by molar-refractivity contribution is 7.48. The Bertz CT molecular complexity index is 758. The Kier molecular flexibility index (Phi) is 7.85. The SMILES string of the molecule is CC(C)(C)OP(=O)(OCOC(=O)[C@@H]1C[C@@H]1C(=O)OCc1ccccc1)OC(C)(C)C. The van der Waals surface area contributed by atoms with Crippen LogP contribution in [0, 0.1) is 11.8 Å². The van der Waals surface area contributed by atoms with Gasteiger partial charge in [-0.05, 0) is 53.5 Å². The van der Waals surface area contributed by atoms with Crippen molar-refractivity contribution in [2.75, 3.05) is 6.79 Å². The van der Waals surface area contributed by atoms with Gasteiger partial charge in [0, 0.05) is 0 Å². The number of hydrogen-bond donors (Lipinski definition) is 0. The van der Waals surface area contributed by atoms with E-state index in [4.69, 9.17) is 23.0 Å². The molecule has 2 rings (SSSR count). The minimum Gasteiger partial charge on any atom is -0.461 e. The van der Waals surface area contributed by atoms with E-state index < -0.39 is 49.6 Å². The van der Waals surface area contributed by atoms with Gasteiger partial charge in [-0.25, -0.2) is 9.09 Å². The monoisotopic (exact) mass is 442 g/mol. The molecule has 0 saturated heterocycles. The fraction of sp³-hybridized carbons (Fsp3) is 0.619. The number of phosphoric ester groups is 1. The van der Waals surface area contributed by atoms with Crippen LogP contribution in [0.15, 0.2) is 30.3 Å². The summed E-state index contributed by atoms with van der Waals surface area (Å²) in [7, 11) is -3.98. The van der Waals surface area contributed by atoms with Crippen molar-refractivity contribution in [3.8, 4) is 0 Å². The van der Waals surface area contributed by atoms with Gasteiger partial charge >= 0.3 is 19.8 Å². The zero-order valence-corrected chi connectivity index (χ0v) is 19.3. The summed E-state index contributed by atoms with van der Waals surface area (Å²) >= 11 is 0. The second-order valence-corrected chi connectivity index (χ2v) is 10.6. The zero-order chi connectivity index (χ0) is 22.6. The predicted octanol–water partition coefficient (Wildman–Crippen LogP) is 4.62. The molecule has 1 aromatic rings. The maximum absolute atomic E-state index is 12.9. The fourth-order valence-corrected chi connectivity index (χ4v) is 4.22. The van der Waals surface area contributed by atoms with E-state index in [9.17, 15) is 14.2 Å². The van der Waals surface area contributed by atoms with Crippen LogP contribution in [0.1, 0.15) is 53.5 Å². The predicted molar refractivity (Wildman–Crippen MR) is 109 cm³/mol. The zero-order valence-electron chi connectivity index (χ0n) is 18.4. The largest absolute Gasteiger partial charge is 0.478 e. The third-order valence-corrected chi connectivity index (χ3v) is 5.77. The van der Waals surface area contributed by atoms with Crippen molar-refractivity contribution >= 4 is 19.8 Å². The van der Waals surface area contributed by atoms with Crippen LogP contribution in [0.5, 0.6) is 0 Å². The number of rotatable bonds is 9. The van der Waals surface area contributed by atoms with Gasteiger partial charge in [0.15, 0.2) is 0 Å². The highest BCUT2D eigenvalue weighted by atomic mass is 31.2. The second-order valence-electron chi connectivity index (χ2n) is 9.11. The van der Waals surface area contributed by atoms with Crippen molar-refractivity contribution in [2.45, 2.75) is 65.8 Å². The van der Waals surface area contributed by atoms with Crippen molar-refractivity contribution < 1.29 is 37.2 Å². The summed E-state index contributed by atoms with van der Waals surface area (Å²) in [5, 5.41) is 0. The summed E-state index contributed by atoms with van der Waals surface area (Å²) in [6.45, 7) is 9.78. The average molecular weight is 442 g/mol. The molecule has 0 bridgehead atoms. The molecule has 0 aromatic heterocycles. The van der Waals surface area contributed by atoms with E-state index in [1.54, 1.807) is 41.5 Å². The number of ether oxygens (including phenoxy) is 2. The first-order valence-electron chi connectivity index (χ1n) is 9.81. The van der Waals surface area contributed by atoms with Gasteiger partial charge in [0.05, 0.1) is 23.0 Å². The van der Waals surface area contributed by atoms with E-state index in [0.29, 0.717) is 6.42 Å². The van der Waals surface area contributed by atoms with Crippen LogP contribution in [0.2, 0.25) is 0 Å². The van der Waals surface area contributed by atoms with Crippen molar-refractivity contribution in [3.05, 3.63) is 35.9 Å². The van der Waals surface area contributed by atoms with Crippen molar-refractivity contribution in [1.82, 2.24) is 0 Å². The van der Waals surface area contributed by atoms with Gasteiger partial charge in [-0.15, -0.1) is 0 Å². The normalized spacial score (nSPS) is 19.3. The number of phosphoric acid groups is 1. The second kappa shape index (κ2) is 9.60. The molecule has 1 aliphatic rings. The molecule has 0 spiro atoms. The Morgan fingerprint density at radius 3 is 1.90 bits per heavy atom. The first-order chi connectivity index (χ1) is 13.8. The first-order valence-corrected chi connectivity index (χ1v) is 11.3. The summed E-state index contributed by atoms with van der Waals surface area (Å²) in [5.41, 5.74) is -0.725. The van der Waals surface area contributed by atoms with Crippen LogP contribution in [0.25, 0.3) is 0 Å². The Morgan fingerprint density at radius 1 is 0.900 bits per heavy atom. The van der Waals surface area contributed by atoms with Crippen LogP contribution in [-0.4, -0.2) is 29.9 Å². The maximum Gasteiger partial charge on any atom is 0.478 e. The van der Waals surface area contributed by atoms with E-state index in [1.165, 1.54) is 0 Å². The molecule has 0 N–H and O–H groups in total. The quantitative estimate of drug-likeness (QED) is 0.310. The summed E-state index contributed by atoms with van der Waals surface area (Å²) in [4.78, 5) is 24.3. The Balaban J connectivity index is 1.79. The van der Waals surface area contributed by atoms with Crippen molar-refractivity contribution in [3.63, 3.8) is 0 Å². The van der Waals surface area contributed by atoms with Crippen molar-refractivity contribution in [2.24, 2.45) is 11.8 Å². The van der Waals surface area contributed by atoms with Gasteiger partial charge in [-0.1, -0.05) is 30.3 Å². The van der Waals surface area contributed by atoms with Gasteiger partial charge < -0.3 is 9.47 Å².